The summed E-state index contributed by atoms with van der Waals surface area (Å²) in [6.45, 7) is 2.10. The van der Waals surface area contributed by atoms with Crippen LogP contribution in [0.3, 0.4) is 0 Å². The summed E-state index contributed by atoms with van der Waals surface area (Å²) in [4.78, 5) is 25.8. The summed E-state index contributed by atoms with van der Waals surface area (Å²) in [5, 5.41) is 2.45. The molecule has 0 spiro atoms. The molecule has 0 saturated heterocycles. The largest absolute Gasteiger partial charge is 0.497 e. The molecule has 0 aromatic heterocycles. The van der Waals surface area contributed by atoms with E-state index < -0.39 is 22.6 Å². The predicted molar refractivity (Wildman–Crippen MR) is 102 cm³/mol. The summed E-state index contributed by atoms with van der Waals surface area (Å²) in [5.74, 6) is 0.317. The van der Waals surface area contributed by atoms with Gasteiger partial charge in [0, 0.05) is 13.6 Å². The number of carbonyl (C=O) groups excluding carboxylic acids is 2. The number of urea groups is 1. The number of nitrogens with zero attached hydrogens (tertiary/aromatic N) is 2. The van der Waals surface area contributed by atoms with Gasteiger partial charge < -0.3 is 10.1 Å². The highest BCUT2D eigenvalue weighted by molar-refractivity contribution is 7.61. The summed E-state index contributed by atoms with van der Waals surface area (Å²) in [5.41, 5.74) is 0.752. The highest BCUT2D eigenvalue weighted by atomic mass is 32.2. The second-order valence-electron chi connectivity index (χ2n) is 6.03. The van der Waals surface area contributed by atoms with Gasteiger partial charge in [-0.2, -0.15) is 12.8 Å². The zero-order chi connectivity index (χ0) is 20.2. The van der Waals surface area contributed by atoms with Crippen LogP contribution in [-0.2, 0) is 21.7 Å². The van der Waals surface area contributed by atoms with Crippen molar-refractivity contribution in [1.29, 1.82) is 0 Å². The molecule has 0 heterocycles. The molecule has 0 saturated carbocycles. The van der Waals surface area contributed by atoms with Gasteiger partial charge >= 0.3 is 16.5 Å². The topological polar surface area (TPSA) is 105 Å². The Labute approximate surface area is 161 Å². The fourth-order valence-electron chi connectivity index (χ4n) is 2.58. The average molecular weight is 397 g/mol. The third-order valence-electron chi connectivity index (χ3n) is 4.09. The fraction of sp³-hybridized carbons (Fsp3) is 0.556. The highest BCUT2D eigenvalue weighted by Gasteiger charge is 2.22. The minimum atomic E-state index is -2.51. The molecule has 8 nitrogen and oxygen atoms in total. The number of unbranched alkanes of at least 4 members (excludes halogenated alkanes) is 1. The van der Waals surface area contributed by atoms with Crippen LogP contribution in [0.2, 0.25) is 0 Å². The number of amides is 3. The number of hydrogen-bond donors (Lipinski definition) is 1. The number of hydrogen-bond acceptors (Lipinski definition) is 6. The van der Waals surface area contributed by atoms with Crippen LogP contribution in [0.15, 0.2) is 28.6 Å². The Bertz CT molecular complexity index is 739. The Morgan fingerprint density at radius 2 is 1.89 bits per heavy atom. The van der Waals surface area contributed by atoms with Gasteiger partial charge in [0.1, 0.15) is 5.75 Å². The van der Waals surface area contributed by atoms with Crippen molar-refractivity contribution in [3.8, 4) is 5.75 Å². The highest BCUT2D eigenvalue weighted by Crippen LogP contribution is 2.14. The Kier molecular flexibility index (Phi) is 10.1. The molecule has 1 unspecified atom stereocenters. The van der Waals surface area contributed by atoms with Crippen molar-refractivity contribution >= 4 is 22.4 Å². The molecule has 1 aromatic carbocycles. The van der Waals surface area contributed by atoms with Crippen LogP contribution >= 0.6 is 0 Å². The Balaban J connectivity index is 2.82. The van der Waals surface area contributed by atoms with Crippen molar-refractivity contribution in [2.75, 3.05) is 20.7 Å². The van der Waals surface area contributed by atoms with E-state index in [0.29, 0.717) is 18.6 Å². The van der Waals surface area contributed by atoms with E-state index in [1.807, 2.05) is 6.92 Å². The number of benzene rings is 1. The maximum Gasteiger partial charge on any atom is 0.323 e. The van der Waals surface area contributed by atoms with Crippen molar-refractivity contribution in [2.24, 2.45) is 4.36 Å². The molecule has 1 rings (SSSR count). The standard InChI is InChI=1S/C18H27N3O5S/c1-4-5-6-15(20-27(24)25)11-12-21(18(23)19-2)17(22)13-14-7-9-16(26-3)10-8-14/h7-10,15H,4-6,11-13H2,1-3H3,(H,19,23). The first-order valence-corrected chi connectivity index (χ1v) is 9.89. The van der Waals surface area contributed by atoms with Gasteiger partial charge in [-0.1, -0.05) is 31.9 Å². The van der Waals surface area contributed by atoms with Crippen LogP contribution in [0.5, 0.6) is 5.75 Å². The molecule has 0 aliphatic carbocycles. The third kappa shape index (κ3) is 8.21. The van der Waals surface area contributed by atoms with Gasteiger partial charge in [0.2, 0.25) is 5.91 Å². The van der Waals surface area contributed by atoms with Crippen molar-refractivity contribution in [3.05, 3.63) is 29.8 Å². The summed E-state index contributed by atoms with van der Waals surface area (Å²) in [7, 11) is 0.491. The van der Waals surface area contributed by atoms with E-state index in [1.165, 1.54) is 7.05 Å². The van der Waals surface area contributed by atoms with Crippen LogP contribution < -0.4 is 10.1 Å². The van der Waals surface area contributed by atoms with E-state index in [2.05, 4.69) is 9.68 Å². The van der Waals surface area contributed by atoms with E-state index in [1.54, 1.807) is 31.4 Å². The first kappa shape index (κ1) is 22.6. The van der Waals surface area contributed by atoms with Crippen LogP contribution in [0, 0.1) is 0 Å². The summed E-state index contributed by atoms with van der Waals surface area (Å²) < 4.78 is 30.5. The Morgan fingerprint density at radius 1 is 1.22 bits per heavy atom. The number of carbonyl (C=O) groups is 2. The van der Waals surface area contributed by atoms with Gasteiger partial charge in [-0.05, 0) is 30.5 Å². The second-order valence-corrected chi connectivity index (χ2v) is 6.68. The fourth-order valence-corrected chi connectivity index (χ4v) is 3.03. The molecule has 0 fully saturated rings. The lowest BCUT2D eigenvalue weighted by molar-refractivity contribution is -0.127. The van der Waals surface area contributed by atoms with Crippen molar-refractivity contribution in [1.82, 2.24) is 10.2 Å². The van der Waals surface area contributed by atoms with Crippen LogP contribution in [0.25, 0.3) is 0 Å². The summed E-state index contributed by atoms with van der Waals surface area (Å²) >= 11 is 0. The van der Waals surface area contributed by atoms with E-state index in [4.69, 9.17) is 4.74 Å². The molecule has 1 N–H and O–H groups in total. The molecule has 9 heteroatoms. The van der Waals surface area contributed by atoms with Gasteiger partial charge in [-0.3, -0.25) is 9.69 Å². The molecule has 0 aliphatic rings. The van der Waals surface area contributed by atoms with E-state index in [9.17, 15) is 18.0 Å². The number of rotatable bonds is 10. The first-order chi connectivity index (χ1) is 12.9. The molecule has 0 radical (unpaired) electrons. The Morgan fingerprint density at radius 3 is 2.41 bits per heavy atom. The number of nitrogens with one attached hydrogen (secondary N) is 1. The van der Waals surface area contributed by atoms with Crippen molar-refractivity contribution in [3.63, 3.8) is 0 Å². The molecule has 3 amide bonds. The smallest absolute Gasteiger partial charge is 0.323 e. The SMILES string of the molecule is CCCCC(CCN(C(=O)Cc1ccc(OC)cc1)C(=O)NC)N=S(=O)=O. The number of imide groups is 1. The zero-order valence-corrected chi connectivity index (χ0v) is 16.8. The van der Waals surface area contributed by atoms with Crippen LogP contribution in [0.4, 0.5) is 4.79 Å². The van der Waals surface area contributed by atoms with E-state index in [-0.39, 0.29) is 18.9 Å². The lowest BCUT2D eigenvalue weighted by atomic mass is 10.1. The van der Waals surface area contributed by atoms with Gasteiger partial charge in [-0.25, -0.2) is 4.79 Å². The van der Waals surface area contributed by atoms with Crippen LogP contribution in [-0.4, -0.2) is 52.0 Å². The molecular formula is C18H27N3O5S. The number of methoxy groups -OCH3 is 1. The van der Waals surface area contributed by atoms with Gasteiger partial charge in [-0.15, -0.1) is 0 Å². The van der Waals surface area contributed by atoms with E-state index >= 15 is 0 Å². The third-order valence-corrected chi connectivity index (χ3v) is 4.56. The summed E-state index contributed by atoms with van der Waals surface area (Å²) in [6, 6.07) is 6.05. The molecular weight excluding hydrogens is 370 g/mol. The lowest BCUT2D eigenvalue weighted by Crippen LogP contribution is -2.44. The average Bonchev–Trinajstić information content (AvgIpc) is 2.65. The minimum absolute atomic E-state index is 0.0572. The lowest BCUT2D eigenvalue weighted by Gasteiger charge is -2.22. The Hall–Kier alpha value is -2.42. The first-order valence-electron chi connectivity index (χ1n) is 8.86. The monoisotopic (exact) mass is 397 g/mol. The van der Waals surface area contributed by atoms with Crippen molar-refractivity contribution < 1.29 is 22.7 Å². The number of ether oxygens (including phenoxy) is 1. The van der Waals surface area contributed by atoms with Crippen molar-refractivity contribution in [2.45, 2.75) is 45.1 Å². The zero-order valence-electron chi connectivity index (χ0n) is 16.0. The summed E-state index contributed by atoms with van der Waals surface area (Å²) in [6.07, 6.45) is 2.69. The molecule has 0 aliphatic heterocycles. The molecule has 1 aromatic rings. The van der Waals surface area contributed by atoms with Crippen LogP contribution in [0.1, 0.15) is 38.2 Å². The molecule has 1 atom stereocenters. The molecule has 27 heavy (non-hydrogen) atoms. The maximum atomic E-state index is 12.6. The van der Waals surface area contributed by atoms with E-state index in [0.717, 1.165) is 23.3 Å². The second kappa shape index (κ2) is 12.1. The quantitative estimate of drug-likeness (QED) is 0.653. The molecule has 150 valence electrons. The maximum absolute atomic E-state index is 12.6. The predicted octanol–water partition coefficient (Wildman–Crippen LogP) is 2.42. The van der Waals surface area contributed by atoms with Gasteiger partial charge in [0.05, 0.1) is 19.6 Å². The van der Waals surface area contributed by atoms with Gasteiger partial charge in [0.25, 0.3) is 0 Å². The van der Waals surface area contributed by atoms with Gasteiger partial charge in [0.15, 0.2) is 0 Å². The normalized spacial score (nSPS) is 11.4. The minimum Gasteiger partial charge on any atom is -0.497 e. The molecule has 0 bridgehead atoms.